The van der Waals surface area contributed by atoms with Crippen molar-refractivity contribution in [3.63, 3.8) is 0 Å². The lowest BCUT2D eigenvalue weighted by molar-refractivity contribution is 0.583. The molecule has 1 aliphatic rings. The standard InChI is InChI=1S/C31H31FN8O3S/c1-4-24(29-37-25-12-8-11-23(32)27(25)30(41)40(29)19-9-6-5-7-10-19)36-28-22(16-35-31(33)38-28)21-15-34-17-26-20(21)13-14-39(26)44(42,43)18(2)3/h5-12,15-18,24H,4,13-14H2,1-3H3,(H3,33,35,36,38). The molecular weight excluding hydrogens is 583 g/mol. The number of para-hydroxylation sites is 1. The van der Waals surface area contributed by atoms with Gasteiger partial charge in [0, 0.05) is 30.1 Å². The van der Waals surface area contributed by atoms with Gasteiger partial charge in [0.25, 0.3) is 5.56 Å². The molecule has 0 aliphatic carbocycles. The van der Waals surface area contributed by atoms with Gasteiger partial charge in [-0.1, -0.05) is 31.2 Å². The molecule has 226 valence electrons. The lowest BCUT2D eigenvalue weighted by Gasteiger charge is -2.24. The van der Waals surface area contributed by atoms with Gasteiger partial charge in [-0.25, -0.2) is 22.8 Å². The van der Waals surface area contributed by atoms with Crippen molar-refractivity contribution in [1.82, 2.24) is 24.5 Å². The third kappa shape index (κ3) is 4.92. The van der Waals surface area contributed by atoms with Gasteiger partial charge in [-0.05, 0) is 56.5 Å². The number of nitrogens with zero attached hydrogens (tertiary/aromatic N) is 6. The zero-order chi connectivity index (χ0) is 31.2. The Hall–Kier alpha value is -4.91. The van der Waals surface area contributed by atoms with E-state index in [0.29, 0.717) is 53.5 Å². The summed E-state index contributed by atoms with van der Waals surface area (Å²) < 4.78 is 43.9. The first-order valence-corrected chi connectivity index (χ1v) is 15.8. The molecule has 4 heterocycles. The Morgan fingerprint density at radius 3 is 2.52 bits per heavy atom. The maximum Gasteiger partial charge on any atom is 0.269 e. The van der Waals surface area contributed by atoms with E-state index in [2.05, 4.69) is 20.3 Å². The molecule has 0 amide bonds. The Morgan fingerprint density at radius 2 is 1.80 bits per heavy atom. The van der Waals surface area contributed by atoms with Gasteiger partial charge in [0.15, 0.2) is 0 Å². The van der Waals surface area contributed by atoms with E-state index in [1.54, 1.807) is 62.8 Å². The summed E-state index contributed by atoms with van der Waals surface area (Å²) in [6.07, 6.45) is 5.73. The van der Waals surface area contributed by atoms with Crippen molar-refractivity contribution in [2.45, 2.75) is 44.9 Å². The molecule has 0 spiro atoms. The van der Waals surface area contributed by atoms with Crippen LogP contribution in [-0.4, -0.2) is 44.7 Å². The molecule has 0 bridgehead atoms. The Morgan fingerprint density at radius 1 is 1.02 bits per heavy atom. The van der Waals surface area contributed by atoms with Crippen LogP contribution in [0, 0.1) is 5.82 Å². The zero-order valence-electron chi connectivity index (χ0n) is 24.4. The number of aromatic nitrogens is 5. The number of halogens is 1. The van der Waals surface area contributed by atoms with Crippen molar-refractivity contribution < 1.29 is 12.8 Å². The molecule has 3 aromatic heterocycles. The SMILES string of the molecule is CCC(Nc1nc(N)ncc1-c1cncc2c1CCN2S(=O)(=O)C(C)C)c1nc2cccc(F)c2c(=O)n1-c1ccccc1. The molecule has 11 nitrogen and oxygen atoms in total. The fraction of sp³-hybridized carbons (Fsp3) is 0.258. The third-order valence-electron chi connectivity index (χ3n) is 7.79. The summed E-state index contributed by atoms with van der Waals surface area (Å²) in [6.45, 7) is 5.52. The molecule has 3 N–H and O–H groups in total. The monoisotopic (exact) mass is 614 g/mol. The van der Waals surface area contributed by atoms with Crippen molar-refractivity contribution in [2.75, 3.05) is 21.9 Å². The quantitative estimate of drug-likeness (QED) is 0.255. The predicted octanol–water partition coefficient (Wildman–Crippen LogP) is 4.62. The number of pyridine rings is 1. The molecule has 0 fully saturated rings. The topological polar surface area (TPSA) is 149 Å². The molecule has 0 radical (unpaired) electrons. The second-order valence-electron chi connectivity index (χ2n) is 10.8. The van der Waals surface area contributed by atoms with E-state index >= 15 is 0 Å². The van der Waals surface area contributed by atoms with E-state index in [1.165, 1.54) is 21.0 Å². The highest BCUT2D eigenvalue weighted by Crippen LogP contribution is 2.40. The van der Waals surface area contributed by atoms with Gasteiger partial charge in [-0.2, -0.15) is 4.98 Å². The number of hydrogen-bond donors (Lipinski definition) is 2. The van der Waals surface area contributed by atoms with Crippen LogP contribution in [-0.2, 0) is 16.4 Å². The van der Waals surface area contributed by atoms with Crippen molar-refractivity contribution in [1.29, 1.82) is 0 Å². The van der Waals surface area contributed by atoms with Gasteiger partial charge in [0.2, 0.25) is 16.0 Å². The van der Waals surface area contributed by atoms with E-state index in [9.17, 15) is 17.6 Å². The van der Waals surface area contributed by atoms with Gasteiger partial charge in [-0.3, -0.25) is 18.7 Å². The van der Waals surface area contributed by atoms with E-state index in [0.717, 1.165) is 5.56 Å². The Bertz CT molecular complexity index is 2050. The molecule has 13 heteroatoms. The van der Waals surface area contributed by atoms with E-state index in [-0.39, 0.29) is 16.9 Å². The van der Waals surface area contributed by atoms with E-state index in [4.69, 9.17) is 10.7 Å². The van der Waals surface area contributed by atoms with Crippen LogP contribution in [0.25, 0.3) is 27.7 Å². The Balaban J connectivity index is 1.50. The molecule has 5 aromatic rings. The second-order valence-corrected chi connectivity index (χ2v) is 13.2. The number of benzene rings is 2. The molecule has 1 aliphatic heterocycles. The van der Waals surface area contributed by atoms with Gasteiger partial charge in [0.1, 0.15) is 22.8 Å². The fourth-order valence-corrected chi connectivity index (χ4v) is 6.81. The van der Waals surface area contributed by atoms with Crippen molar-refractivity contribution in [3.8, 4) is 16.8 Å². The molecule has 1 unspecified atom stereocenters. The summed E-state index contributed by atoms with van der Waals surface area (Å²) in [6, 6.07) is 12.7. The summed E-state index contributed by atoms with van der Waals surface area (Å²) in [5, 5.41) is 2.72. The number of nitrogens with one attached hydrogen (secondary N) is 1. The number of anilines is 3. The van der Waals surface area contributed by atoms with Gasteiger partial charge >= 0.3 is 0 Å². The van der Waals surface area contributed by atoms with Crippen LogP contribution in [0.4, 0.5) is 21.8 Å². The Labute approximate surface area is 253 Å². The van der Waals surface area contributed by atoms with Gasteiger partial charge in [0.05, 0.1) is 34.4 Å². The predicted molar refractivity (Wildman–Crippen MR) is 169 cm³/mol. The van der Waals surface area contributed by atoms with E-state index < -0.39 is 32.7 Å². The number of hydrogen-bond acceptors (Lipinski definition) is 9. The summed E-state index contributed by atoms with van der Waals surface area (Å²) in [7, 11) is -3.56. The smallest absolute Gasteiger partial charge is 0.269 e. The van der Waals surface area contributed by atoms with Crippen LogP contribution in [0.3, 0.4) is 0 Å². The maximum atomic E-state index is 14.9. The second kappa shape index (κ2) is 11.3. The maximum absolute atomic E-state index is 14.9. The van der Waals surface area contributed by atoms with Crippen molar-refractivity contribution in [2.24, 2.45) is 0 Å². The summed E-state index contributed by atoms with van der Waals surface area (Å²) >= 11 is 0. The highest BCUT2D eigenvalue weighted by molar-refractivity contribution is 7.93. The average Bonchev–Trinajstić information content (AvgIpc) is 3.46. The number of fused-ring (bicyclic) bond motifs is 2. The lowest BCUT2D eigenvalue weighted by atomic mass is 10.0. The Kier molecular flexibility index (Phi) is 7.49. The normalized spacial score (nSPS) is 13.8. The number of nitrogens with two attached hydrogens (primary N) is 1. The molecule has 6 rings (SSSR count). The minimum Gasteiger partial charge on any atom is -0.368 e. The summed E-state index contributed by atoms with van der Waals surface area (Å²) in [5.41, 5.74) is 8.82. The number of nitrogen functional groups attached to an aromatic ring is 1. The highest BCUT2D eigenvalue weighted by atomic mass is 32.2. The molecule has 0 saturated carbocycles. The van der Waals surface area contributed by atoms with Crippen LogP contribution in [0.1, 0.15) is 44.6 Å². The molecule has 1 atom stereocenters. The lowest BCUT2D eigenvalue weighted by Crippen LogP contribution is -2.35. The first-order chi connectivity index (χ1) is 21.1. The minimum atomic E-state index is -3.56. The summed E-state index contributed by atoms with van der Waals surface area (Å²) in [4.78, 5) is 31.7. The molecule has 44 heavy (non-hydrogen) atoms. The van der Waals surface area contributed by atoms with Crippen LogP contribution in [0.15, 0.2) is 71.9 Å². The molecule has 2 aromatic carbocycles. The van der Waals surface area contributed by atoms with Crippen LogP contribution in [0.5, 0.6) is 0 Å². The third-order valence-corrected chi connectivity index (χ3v) is 9.97. The molecule has 0 saturated heterocycles. The number of sulfonamides is 1. The van der Waals surface area contributed by atoms with Crippen molar-refractivity contribution >= 4 is 38.4 Å². The van der Waals surface area contributed by atoms with E-state index in [1.807, 2.05) is 13.0 Å². The largest absolute Gasteiger partial charge is 0.368 e. The van der Waals surface area contributed by atoms with Gasteiger partial charge < -0.3 is 11.1 Å². The minimum absolute atomic E-state index is 0.0182. The van der Waals surface area contributed by atoms with Gasteiger partial charge in [-0.15, -0.1) is 0 Å². The fourth-order valence-electron chi connectivity index (χ4n) is 5.52. The van der Waals surface area contributed by atoms with Crippen LogP contribution in [0.2, 0.25) is 0 Å². The van der Waals surface area contributed by atoms with Crippen molar-refractivity contribution in [3.05, 3.63) is 94.7 Å². The molecular formula is C31H31FN8O3S. The zero-order valence-corrected chi connectivity index (χ0v) is 25.2. The first kappa shape index (κ1) is 29.2. The van der Waals surface area contributed by atoms with Crippen LogP contribution >= 0.6 is 0 Å². The average molecular weight is 615 g/mol. The number of rotatable bonds is 8. The summed E-state index contributed by atoms with van der Waals surface area (Å²) in [5.74, 6) is 0.0835. The van der Waals surface area contributed by atoms with Crippen LogP contribution < -0.4 is 20.9 Å². The highest BCUT2D eigenvalue weighted by Gasteiger charge is 2.34. The first-order valence-electron chi connectivity index (χ1n) is 14.3.